The largest absolute Gasteiger partial charge is 0.467 e. The van der Waals surface area contributed by atoms with Crippen molar-refractivity contribution in [3.8, 4) is 17.3 Å². The molecule has 31 heavy (non-hydrogen) atoms. The molecule has 1 atom stereocenters. The molecule has 1 fully saturated rings. The van der Waals surface area contributed by atoms with Crippen LogP contribution in [0.5, 0.6) is 6.01 Å². The van der Waals surface area contributed by atoms with E-state index in [-0.39, 0.29) is 6.04 Å². The average molecular weight is 438 g/mol. The Morgan fingerprint density at radius 1 is 1.03 bits per heavy atom. The molecule has 5 heterocycles. The van der Waals surface area contributed by atoms with Gasteiger partial charge in [-0.3, -0.25) is 4.98 Å². The first-order valence-corrected chi connectivity index (χ1v) is 11.7. The molecule has 0 bridgehead atoms. The lowest BCUT2D eigenvalue weighted by atomic mass is 10.1. The summed E-state index contributed by atoms with van der Waals surface area (Å²) in [5, 5.41) is 0. The van der Waals surface area contributed by atoms with Crippen molar-refractivity contribution in [1.82, 2.24) is 33.8 Å². The van der Waals surface area contributed by atoms with Gasteiger partial charge >= 0.3 is 6.01 Å². The first-order valence-electron chi connectivity index (χ1n) is 10.1. The smallest absolute Gasteiger partial charge is 0.316 e. The first kappa shape index (κ1) is 20.0. The zero-order valence-corrected chi connectivity index (χ0v) is 18.5. The monoisotopic (exact) mass is 437 g/mol. The summed E-state index contributed by atoms with van der Waals surface area (Å²) in [5.41, 5.74) is 5.04. The fourth-order valence-corrected chi connectivity index (χ4v) is 5.00. The Morgan fingerprint density at radius 3 is 2.45 bits per heavy atom. The van der Waals surface area contributed by atoms with Crippen molar-refractivity contribution in [2.75, 3.05) is 26.5 Å². The first-order chi connectivity index (χ1) is 15.0. The van der Waals surface area contributed by atoms with E-state index in [1.54, 1.807) is 18.6 Å². The van der Waals surface area contributed by atoms with Crippen LogP contribution >= 0.6 is 0 Å². The van der Waals surface area contributed by atoms with Crippen LogP contribution in [0.25, 0.3) is 33.3 Å². The fourth-order valence-electron chi connectivity index (χ4n) is 4.27. The number of pyridine rings is 2. The number of aromatic nitrogens is 6. The molecular weight excluding hydrogens is 414 g/mol. The summed E-state index contributed by atoms with van der Waals surface area (Å²) in [7, 11) is 0.610. The third-order valence-corrected chi connectivity index (χ3v) is 6.89. The second kappa shape index (κ2) is 7.93. The van der Waals surface area contributed by atoms with Crippen LogP contribution in [0.4, 0.5) is 0 Å². The van der Waals surface area contributed by atoms with E-state index in [9.17, 15) is 4.21 Å². The van der Waals surface area contributed by atoms with Crippen LogP contribution in [0, 0.1) is 6.92 Å². The van der Waals surface area contributed by atoms with Crippen LogP contribution in [0.15, 0.2) is 30.7 Å². The Kier molecular flexibility index (Phi) is 5.11. The van der Waals surface area contributed by atoms with Gasteiger partial charge < -0.3 is 9.30 Å². The third kappa shape index (κ3) is 3.55. The van der Waals surface area contributed by atoms with Gasteiger partial charge in [0.2, 0.25) is 0 Å². The summed E-state index contributed by atoms with van der Waals surface area (Å²) in [6.45, 7) is 3.63. The molecule has 0 N–H and O–H groups in total. The van der Waals surface area contributed by atoms with Crippen molar-refractivity contribution >= 4 is 33.1 Å². The SMILES string of the molecule is COc1ncc(-c2ccc3ncc4nc(C)n(C5CCN(S(C)=O)CC5)c4c3n2)cn1. The number of hydrogen-bond donors (Lipinski definition) is 0. The number of ether oxygens (including phenoxy) is 1. The summed E-state index contributed by atoms with van der Waals surface area (Å²) in [5.74, 6) is 0.945. The molecule has 0 spiro atoms. The quantitative estimate of drug-likeness (QED) is 0.484. The van der Waals surface area contributed by atoms with Gasteiger partial charge in [-0.05, 0) is 31.9 Å². The van der Waals surface area contributed by atoms with Crippen LogP contribution in [-0.2, 0) is 11.0 Å². The molecule has 9 nitrogen and oxygen atoms in total. The highest BCUT2D eigenvalue weighted by atomic mass is 32.2. The second-order valence-electron chi connectivity index (χ2n) is 7.63. The van der Waals surface area contributed by atoms with E-state index in [1.165, 1.54) is 7.11 Å². The van der Waals surface area contributed by atoms with Crippen molar-refractivity contribution in [2.24, 2.45) is 0 Å². The normalized spacial score (nSPS) is 16.7. The topological polar surface area (TPSA) is 98.9 Å². The second-order valence-corrected chi connectivity index (χ2v) is 8.99. The van der Waals surface area contributed by atoms with Crippen molar-refractivity contribution in [1.29, 1.82) is 0 Å². The maximum Gasteiger partial charge on any atom is 0.316 e. The summed E-state index contributed by atoms with van der Waals surface area (Å²) >= 11 is 0. The lowest BCUT2D eigenvalue weighted by Crippen LogP contribution is -2.35. The zero-order valence-electron chi connectivity index (χ0n) is 17.6. The number of imidazole rings is 1. The molecule has 0 amide bonds. The van der Waals surface area contributed by atoms with Gasteiger partial charge in [0.05, 0.1) is 41.0 Å². The van der Waals surface area contributed by atoms with E-state index in [1.807, 2.05) is 29.6 Å². The molecular formula is C21H23N7O2S. The molecule has 0 saturated carbocycles. The minimum absolute atomic E-state index is 0.283. The van der Waals surface area contributed by atoms with Gasteiger partial charge in [-0.1, -0.05) is 0 Å². The third-order valence-electron chi connectivity index (χ3n) is 5.80. The van der Waals surface area contributed by atoms with E-state index in [0.717, 1.165) is 65.1 Å². The molecule has 1 aliphatic heterocycles. The van der Waals surface area contributed by atoms with Crippen LogP contribution in [0.2, 0.25) is 0 Å². The molecule has 1 saturated heterocycles. The van der Waals surface area contributed by atoms with E-state index in [2.05, 4.69) is 19.5 Å². The van der Waals surface area contributed by atoms with E-state index < -0.39 is 11.0 Å². The molecule has 10 heteroatoms. The lowest BCUT2D eigenvalue weighted by Gasteiger charge is -2.31. The van der Waals surface area contributed by atoms with E-state index >= 15 is 0 Å². The summed E-state index contributed by atoms with van der Waals surface area (Å²) < 4.78 is 21.2. The Labute approximate surface area is 182 Å². The van der Waals surface area contributed by atoms with Crippen LogP contribution in [0.1, 0.15) is 24.7 Å². The Morgan fingerprint density at radius 2 is 1.77 bits per heavy atom. The number of aryl methyl sites for hydroxylation is 1. The summed E-state index contributed by atoms with van der Waals surface area (Å²) in [4.78, 5) is 22.7. The van der Waals surface area contributed by atoms with Gasteiger partial charge in [0, 0.05) is 43.3 Å². The van der Waals surface area contributed by atoms with Crippen molar-refractivity contribution < 1.29 is 8.95 Å². The van der Waals surface area contributed by atoms with Gasteiger partial charge in [-0.25, -0.2) is 28.5 Å². The predicted molar refractivity (Wildman–Crippen MR) is 119 cm³/mol. The predicted octanol–water partition coefficient (Wildman–Crippen LogP) is 2.68. The zero-order chi connectivity index (χ0) is 21.5. The van der Waals surface area contributed by atoms with Gasteiger partial charge in [0.1, 0.15) is 16.9 Å². The number of methoxy groups -OCH3 is 1. The summed E-state index contributed by atoms with van der Waals surface area (Å²) in [6, 6.07) is 4.50. The van der Waals surface area contributed by atoms with E-state index in [4.69, 9.17) is 14.7 Å². The highest BCUT2D eigenvalue weighted by Crippen LogP contribution is 2.32. The van der Waals surface area contributed by atoms with Crippen LogP contribution in [0.3, 0.4) is 0 Å². The molecule has 0 aromatic carbocycles. The highest BCUT2D eigenvalue weighted by molar-refractivity contribution is 7.81. The molecule has 1 aliphatic rings. The number of piperidine rings is 1. The number of hydrogen-bond acceptors (Lipinski definition) is 7. The number of fused-ring (bicyclic) bond motifs is 3. The Hall–Kier alpha value is -2.98. The van der Waals surface area contributed by atoms with Crippen LogP contribution in [-0.4, -0.2) is 64.5 Å². The molecule has 4 aromatic heterocycles. The van der Waals surface area contributed by atoms with Crippen molar-refractivity contribution in [3.63, 3.8) is 0 Å². The van der Waals surface area contributed by atoms with Crippen molar-refractivity contribution in [3.05, 3.63) is 36.5 Å². The Bertz CT molecular complexity index is 1280. The van der Waals surface area contributed by atoms with Gasteiger partial charge in [0.15, 0.2) is 0 Å². The van der Waals surface area contributed by atoms with Gasteiger partial charge in [0.25, 0.3) is 0 Å². The molecule has 0 radical (unpaired) electrons. The summed E-state index contributed by atoms with van der Waals surface area (Å²) in [6.07, 6.45) is 8.80. The average Bonchev–Trinajstić information content (AvgIpc) is 3.15. The lowest BCUT2D eigenvalue weighted by molar-refractivity contribution is 0.285. The maximum atomic E-state index is 11.8. The van der Waals surface area contributed by atoms with Gasteiger partial charge in [-0.2, -0.15) is 0 Å². The standard InChI is InChI=1S/C21H23N7O2S/c1-13-25-18-12-22-17-5-4-16(14-10-23-21(30-2)24-11-14)26-19(17)20(18)28(13)15-6-8-27(9-7-15)31(3)29/h4-5,10-12,15H,6-9H2,1-3H3. The van der Waals surface area contributed by atoms with Crippen LogP contribution < -0.4 is 4.74 Å². The minimum Gasteiger partial charge on any atom is -0.467 e. The van der Waals surface area contributed by atoms with Crippen molar-refractivity contribution in [2.45, 2.75) is 25.8 Å². The fraction of sp³-hybridized carbons (Fsp3) is 0.381. The molecule has 5 rings (SSSR count). The molecule has 0 aliphatic carbocycles. The molecule has 4 aromatic rings. The number of nitrogens with zero attached hydrogens (tertiary/aromatic N) is 7. The minimum atomic E-state index is -0.930. The van der Waals surface area contributed by atoms with Gasteiger partial charge in [-0.15, -0.1) is 0 Å². The highest BCUT2D eigenvalue weighted by Gasteiger charge is 2.26. The Balaban J connectivity index is 1.62. The molecule has 160 valence electrons. The molecule has 1 unspecified atom stereocenters. The number of rotatable bonds is 4. The van der Waals surface area contributed by atoms with E-state index in [0.29, 0.717) is 6.01 Å². The maximum absolute atomic E-state index is 11.8.